The van der Waals surface area contributed by atoms with Crippen molar-refractivity contribution in [2.24, 2.45) is 5.41 Å². The standard InChI is InChI=1S/C19H23F3N2O3/c1-18(2,3)8-16(25)24-9-13-15(10-24)27-14-6-5-11(19(20,21)22)7-12(14)17(26)23(13)4/h5-7,13,15H,8-10H2,1-4H3/t13-,15+/m1/s1. The fraction of sp³-hybridized carbons (Fsp3) is 0.579. The van der Waals surface area contributed by atoms with Gasteiger partial charge in [-0.1, -0.05) is 20.8 Å². The molecular formula is C19H23F3N2O3. The SMILES string of the molecule is CN1C(=O)c2cc(C(F)(F)F)ccc2O[C@H]2CN(C(=O)CC(C)(C)C)C[C@H]21. The van der Waals surface area contributed by atoms with Gasteiger partial charge in [-0.3, -0.25) is 9.59 Å². The van der Waals surface area contributed by atoms with Gasteiger partial charge in [0.25, 0.3) is 5.91 Å². The van der Waals surface area contributed by atoms with E-state index in [4.69, 9.17) is 4.74 Å². The van der Waals surface area contributed by atoms with Gasteiger partial charge in [0, 0.05) is 20.0 Å². The quantitative estimate of drug-likeness (QED) is 0.747. The lowest BCUT2D eigenvalue weighted by Crippen LogP contribution is -2.44. The van der Waals surface area contributed by atoms with E-state index in [2.05, 4.69) is 0 Å². The first kappa shape index (κ1) is 19.5. The lowest BCUT2D eigenvalue weighted by atomic mass is 9.92. The fourth-order valence-electron chi connectivity index (χ4n) is 3.49. The molecule has 1 aromatic carbocycles. The van der Waals surface area contributed by atoms with Gasteiger partial charge in [-0.25, -0.2) is 0 Å². The monoisotopic (exact) mass is 384 g/mol. The number of likely N-dealkylation sites (tertiary alicyclic amines) is 1. The molecular weight excluding hydrogens is 361 g/mol. The topological polar surface area (TPSA) is 49.9 Å². The predicted molar refractivity (Wildman–Crippen MR) is 92.4 cm³/mol. The highest BCUT2D eigenvalue weighted by atomic mass is 19.4. The molecule has 5 nitrogen and oxygen atoms in total. The van der Waals surface area contributed by atoms with Gasteiger partial charge < -0.3 is 14.5 Å². The molecule has 8 heteroatoms. The molecule has 2 amide bonds. The van der Waals surface area contributed by atoms with Crippen molar-refractivity contribution in [2.45, 2.75) is 45.5 Å². The summed E-state index contributed by atoms with van der Waals surface area (Å²) in [4.78, 5) is 28.3. The minimum atomic E-state index is -4.54. The molecule has 148 valence electrons. The Morgan fingerprint density at radius 2 is 1.89 bits per heavy atom. The van der Waals surface area contributed by atoms with Crippen LogP contribution in [0.25, 0.3) is 0 Å². The Hall–Kier alpha value is -2.25. The van der Waals surface area contributed by atoms with Gasteiger partial charge >= 0.3 is 6.18 Å². The first-order valence-electron chi connectivity index (χ1n) is 8.80. The number of hydrogen-bond donors (Lipinski definition) is 0. The molecule has 1 aromatic rings. The number of benzene rings is 1. The van der Waals surface area contributed by atoms with Crippen molar-refractivity contribution in [3.63, 3.8) is 0 Å². The van der Waals surface area contributed by atoms with E-state index in [1.807, 2.05) is 20.8 Å². The summed E-state index contributed by atoms with van der Waals surface area (Å²) >= 11 is 0. The lowest BCUT2D eigenvalue weighted by molar-refractivity contribution is -0.137. The smallest absolute Gasteiger partial charge is 0.416 e. The molecule has 0 unspecified atom stereocenters. The molecule has 3 rings (SSSR count). The Morgan fingerprint density at radius 3 is 2.48 bits per heavy atom. The third kappa shape index (κ3) is 3.89. The van der Waals surface area contributed by atoms with Crippen LogP contribution in [0.2, 0.25) is 0 Å². The van der Waals surface area contributed by atoms with Gasteiger partial charge in [0.05, 0.1) is 23.7 Å². The number of rotatable bonds is 1. The third-order valence-corrected chi connectivity index (χ3v) is 4.90. The highest BCUT2D eigenvalue weighted by Gasteiger charge is 2.44. The molecule has 1 fully saturated rings. The number of likely N-dealkylation sites (N-methyl/N-ethyl adjacent to an activating group) is 1. The number of carbonyl (C=O) groups is 2. The van der Waals surface area contributed by atoms with E-state index in [1.165, 1.54) is 18.0 Å². The zero-order valence-electron chi connectivity index (χ0n) is 15.8. The normalized spacial score (nSPS) is 22.9. The van der Waals surface area contributed by atoms with Gasteiger partial charge in [-0.05, 0) is 23.6 Å². The highest BCUT2D eigenvalue weighted by Crippen LogP contribution is 2.36. The number of halogens is 3. The van der Waals surface area contributed by atoms with E-state index in [1.54, 1.807) is 4.90 Å². The summed E-state index contributed by atoms with van der Waals surface area (Å²) in [5.41, 5.74) is -1.15. The van der Waals surface area contributed by atoms with E-state index in [-0.39, 0.29) is 22.6 Å². The average molecular weight is 384 g/mol. The molecule has 0 bridgehead atoms. The summed E-state index contributed by atoms with van der Waals surface area (Å²) in [5.74, 6) is -0.432. The van der Waals surface area contributed by atoms with Gasteiger partial charge in [-0.2, -0.15) is 13.2 Å². The zero-order chi connectivity index (χ0) is 20.1. The maximum Gasteiger partial charge on any atom is 0.416 e. The highest BCUT2D eigenvalue weighted by molar-refractivity contribution is 5.97. The van der Waals surface area contributed by atoms with E-state index >= 15 is 0 Å². The minimum absolute atomic E-state index is 0.0207. The number of hydrogen-bond acceptors (Lipinski definition) is 3. The second-order valence-corrected chi connectivity index (χ2v) is 8.38. The number of alkyl halides is 3. The van der Waals surface area contributed by atoms with Crippen molar-refractivity contribution in [2.75, 3.05) is 20.1 Å². The second-order valence-electron chi connectivity index (χ2n) is 8.38. The zero-order valence-corrected chi connectivity index (χ0v) is 15.8. The summed E-state index contributed by atoms with van der Waals surface area (Å²) < 4.78 is 44.8. The maximum absolute atomic E-state index is 13.0. The molecule has 0 spiro atoms. The average Bonchev–Trinajstić information content (AvgIpc) is 2.91. The Morgan fingerprint density at radius 1 is 1.22 bits per heavy atom. The van der Waals surface area contributed by atoms with Crippen LogP contribution in [0.15, 0.2) is 18.2 Å². The van der Waals surface area contributed by atoms with E-state index < -0.39 is 29.8 Å². The Labute approximate surface area is 156 Å². The number of carbonyl (C=O) groups excluding carboxylic acids is 2. The number of fused-ring (bicyclic) bond motifs is 2. The van der Waals surface area contributed by atoms with Crippen molar-refractivity contribution < 1.29 is 27.5 Å². The first-order valence-corrected chi connectivity index (χ1v) is 8.80. The summed E-state index contributed by atoms with van der Waals surface area (Å²) in [7, 11) is 1.54. The summed E-state index contributed by atoms with van der Waals surface area (Å²) in [5, 5.41) is 0. The molecule has 2 aliphatic heterocycles. The number of ether oxygens (including phenoxy) is 1. The van der Waals surface area contributed by atoms with Gasteiger partial charge in [-0.15, -0.1) is 0 Å². The molecule has 2 aliphatic rings. The van der Waals surface area contributed by atoms with Gasteiger partial charge in [0.15, 0.2) is 0 Å². The largest absolute Gasteiger partial charge is 0.486 e. The minimum Gasteiger partial charge on any atom is -0.486 e. The van der Waals surface area contributed by atoms with Crippen LogP contribution >= 0.6 is 0 Å². The Balaban J connectivity index is 1.86. The summed E-state index contributed by atoms with van der Waals surface area (Å²) in [6.07, 6.45) is -4.64. The molecule has 2 heterocycles. The molecule has 1 saturated heterocycles. The van der Waals surface area contributed by atoms with Crippen LogP contribution in [0.1, 0.15) is 43.1 Å². The van der Waals surface area contributed by atoms with Crippen molar-refractivity contribution in [1.82, 2.24) is 9.80 Å². The Bertz CT molecular complexity index is 770. The summed E-state index contributed by atoms with van der Waals surface area (Å²) in [6.45, 7) is 6.53. The first-order chi connectivity index (χ1) is 12.4. The predicted octanol–water partition coefficient (Wildman–Crippen LogP) is 3.19. The summed E-state index contributed by atoms with van der Waals surface area (Å²) in [6, 6.07) is 2.52. The van der Waals surface area contributed by atoms with Gasteiger partial charge in [0.1, 0.15) is 11.9 Å². The van der Waals surface area contributed by atoms with E-state index in [9.17, 15) is 22.8 Å². The van der Waals surface area contributed by atoms with Crippen molar-refractivity contribution in [3.05, 3.63) is 29.3 Å². The van der Waals surface area contributed by atoms with Crippen molar-refractivity contribution >= 4 is 11.8 Å². The van der Waals surface area contributed by atoms with Crippen molar-refractivity contribution in [3.8, 4) is 5.75 Å². The van der Waals surface area contributed by atoms with Crippen LogP contribution in [0, 0.1) is 5.41 Å². The van der Waals surface area contributed by atoms with Crippen LogP contribution in [-0.4, -0.2) is 53.9 Å². The fourth-order valence-corrected chi connectivity index (χ4v) is 3.49. The van der Waals surface area contributed by atoms with E-state index in [0.29, 0.717) is 19.5 Å². The number of amides is 2. The molecule has 2 atom stereocenters. The van der Waals surface area contributed by atoms with Crippen molar-refractivity contribution in [1.29, 1.82) is 0 Å². The maximum atomic E-state index is 13.0. The number of nitrogens with zero attached hydrogens (tertiary/aromatic N) is 2. The second kappa shape index (κ2) is 6.42. The molecule has 0 aliphatic carbocycles. The lowest BCUT2D eigenvalue weighted by Gasteiger charge is -2.25. The molecule has 0 aromatic heterocycles. The molecule has 0 N–H and O–H groups in total. The van der Waals surface area contributed by atoms with Crippen LogP contribution in [0.3, 0.4) is 0 Å². The third-order valence-electron chi connectivity index (χ3n) is 4.90. The molecule has 0 saturated carbocycles. The van der Waals surface area contributed by atoms with Crippen LogP contribution in [0.5, 0.6) is 5.75 Å². The van der Waals surface area contributed by atoms with Gasteiger partial charge in [0.2, 0.25) is 5.91 Å². The van der Waals surface area contributed by atoms with Crippen LogP contribution < -0.4 is 4.74 Å². The molecule has 0 radical (unpaired) electrons. The molecule has 27 heavy (non-hydrogen) atoms. The van der Waals surface area contributed by atoms with Crippen LogP contribution in [-0.2, 0) is 11.0 Å². The van der Waals surface area contributed by atoms with E-state index in [0.717, 1.165) is 12.1 Å². The van der Waals surface area contributed by atoms with Crippen LogP contribution in [0.4, 0.5) is 13.2 Å². The Kier molecular flexibility index (Phi) is 4.64.